The van der Waals surface area contributed by atoms with Crippen LogP contribution in [-0.2, 0) is 5.41 Å². The molecule has 2 aromatic heterocycles. The Labute approximate surface area is 299 Å². The lowest BCUT2D eigenvalue weighted by molar-refractivity contribution is 0.669. The van der Waals surface area contributed by atoms with Gasteiger partial charge in [0.25, 0.3) is 0 Å². The topological polar surface area (TPSA) is 51.8 Å². The molecule has 0 amide bonds. The van der Waals surface area contributed by atoms with Crippen molar-refractivity contribution in [2.24, 2.45) is 0 Å². The van der Waals surface area contributed by atoms with E-state index in [1.54, 1.807) is 11.8 Å². The summed E-state index contributed by atoms with van der Waals surface area (Å²) in [5.74, 6) is 1.84. The Kier molecular flexibility index (Phi) is 6.93. The minimum absolute atomic E-state index is 0.555. The van der Waals surface area contributed by atoms with Crippen LogP contribution in [0.15, 0.2) is 190 Å². The van der Waals surface area contributed by atoms with Crippen LogP contribution in [0.3, 0.4) is 0 Å². The Hall–Kier alpha value is -6.30. The van der Waals surface area contributed by atoms with Crippen LogP contribution in [0.25, 0.3) is 56.1 Å². The molecule has 9 aromatic rings. The highest BCUT2D eigenvalue weighted by molar-refractivity contribution is 7.99. The van der Waals surface area contributed by atoms with Gasteiger partial charge >= 0.3 is 0 Å². The molecule has 240 valence electrons. The van der Waals surface area contributed by atoms with E-state index in [-0.39, 0.29) is 0 Å². The molecule has 0 fully saturated rings. The first-order chi connectivity index (χ1) is 25.3. The molecule has 0 saturated carbocycles. The first-order valence-electron chi connectivity index (χ1n) is 17.0. The lowest BCUT2D eigenvalue weighted by Gasteiger charge is -2.42. The molecule has 0 bridgehead atoms. The molecule has 10 rings (SSSR count). The molecule has 5 heteroatoms. The smallest absolute Gasteiger partial charge is 0.165 e. The summed E-state index contributed by atoms with van der Waals surface area (Å²) >= 11 is 1.79. The quantitative estimate of drug-likeness (QED) is 0.182. The van der Waals surface area contributed by atoms with E-state index in [1.807, 2.05) is 54.6 Å². The van der Waals surface area contributed by atoms with Crippen LogP contribution in [0.2, 0.25) is 0 Å². The van der Waals surface area contributed by atoms with Gasteiger partial charge in [0.05, 0.1) is 5.41 Å². The van der Waals surface area contributed by atoms with Gasteiger partial charge in [-0.3, -0.25) is 0 Å². The SMILES string of the molecule is c1ccc(-c2nc(-c3ccc4c(c3)oc3ccccc34)nc(-c3cccc4c3Sc3ccccc3C4(c3ccccc3)c3ccccc3)n2)cc1. The fraction of sp³-hybridized carbons (Fsp3) is 0.0217. The van der Waals surface area contributed by atoms with Crippen LogP contribution in [-0.4, -0.2) is 15.0 Å². The van der Waals surface area contributed by atoms with Gasteiger partial charge in [-0.15, -0.1) is 0 Å². The molecule has 0 atom stereocenters. The van der Waals surface area contributed by atoms with E-state index < -0.39 is 5.41 Å². The second-order valence-electron chi connectivity index (χ2n) is 12.7. The van der Waals surface area contributed by atoms with Crippen LogP contribution in [0.1, 0.15) is 22.3 Å². The molecule has 0 radical (unpaired) electrons. The summed E-state index contributed by atoms with van der Waals surface area (Å²) in [5.41, 5.74) is 8.76. The number of hydrogen-bond acceptors (Lipinski definition) is 5. The Morgan fingerprint density at radius 2 is 1.02 bits per heavy atom. The molecule has 51 heavy (non-hydrogen) atoms. The van der Waals surface area contributed by atoms with Gasteiger partial charge in [-0.05, 0) is 46.5 Å². The summed E-state index contributed by atoms with van der Waals surface area (Å²) in [4.78, 5) is 17.8. The summed E-state index contributed by atoms with van der Waals surface area (Å²) in [5, 5.41) is 2.16. The monoisotopic (exact) mass is 671 g/mol. The second-order valence-corrected chi connectivity index (χ2v) is 13.8. The van der Waals surface area contributed by atoms with E-state index in [4.69, 9.17) is 19.4 Å². The molecule has 4 nitrogen and oxygen atoms in total. The number of fused-ring (bicyclic) bond motifs is 5. The number of aromatic nitrogens is 3. The van der Waals surface area contributed by atoms with E-state index >= 15 is 0 Å². The van der Waals surface area contributed by atoms with Crippen LogP contribution in [0.4, 0.5) is 0 Å². The maximum absolute atomic E-state index is 6.28. The summed E-state index contributed by atoms with van der Waals surface area (Å²) in [6.45, 7) is 0. The minimum Gasteiger partial charge on any atom is -0.456 e. The van der Waals surface area contributed by atoms with Gasteiger partial charge in [0, 0.05) is 37.3 Å². The van der Waals surface area contributed by atoms with E-state index in [9.17, 15) is 0 Å². The van der Waals surface area contributed by atoms with Crippen molar-refractivity contribution < 1.29 is 4.42 Å². The summed E-state index contributed by atoms with van der Waals surface area (Å²) in [6, 6.07) is 61.6. The van der Waals surface area contributed by atoms with Crippen molar-refractivity contribution in [1.29, 1.82) is 0 Å². The average molecular weight is 672 g/mol. The molecular formula is C46H29N3OS. The summed E-state index contributed by atoms with van der Waals surface area (Å²) < 4.78 is 6.28. The van der Waals surface area contributed by atoms with Crippen molar-refractivity contribution in [1.82, 2.24) is 15.0 Å². The van der Waals surface area contributed by atoms with Gasteiger partial charge < -0.3 is 4.42 Å². The molecular weight excluding hydrogens is 643 g/mol. The predicted molar refractivity (Wildman–Crippen MR) is 206 cm³/mol. The standard InChI is InChI=1S/C46H29N3OS/c1-4-15-30(16-5-1)43-47-44(31-27-28-35-34-21-10-12-25-39(34)50-40(35)29-31)49-45(48-43)36-22-14-24-38-42(36)51-41-26-13-11-23-37(41)46(38,32-17-6-2-7-18-32)33-19-8-3-9-20-33/h1-29H. The highest BCUT2D eigenvalue weighted by Gasteiger charge is 2.45. The third kappa shape index (κ3) is 4.73. The Balaban J connectivity index is 1.24. The van der Waals surface area contributed by atoms with E-state index in [1.165, 1.54) is 27.1 Å². The number of hydrogen-bond donors (Lipinski definition) is 0. The number of rotatable bonds is 5. The van der Waals surface area contributed by atoms with E-state index in [0.717, 1.165) is 43.5 Å². The molecule has 0 N–H and O–H groups in total. The van der Waals surface area contributed by atoms with Crippen molar-refractivity contribution in [2.45, 2.75) is 15.2 Å². The van der Waals surface area contributed by atoms with Gasteiger partial charge in [0.15, 0.2) is 17.5 Å². The predicted octanol–water partition coefficient (Wildman–Crippen LogP) is 11.6. The number of benzene rings is 7. The van der Waals surface area contributed by atoms with E-state index in [0.29, 0.717) is 17.5 Å². The van der Waals surface area contributed by atoms with Gasteiger partial charge in [0.1, 0.15) is 11.2 Å². The Morgan fingerprint density at radius 3 is 1.78 bits per heavy atom. The lowest BCUT2D eigenvalue weighted by Crippen LogP contribution is -2.34. The zero-order valence-corrected chi connectivity index (χ0v) is 28.2. The van der Waals surface area contributed by atoms with E-state index in [2.05, 4.69) is 121 Å². The van der Waals surface area contributed by atoms with Crippen molar-refractivity contribution in [2.75, 3.05) is 0 Å². The lowest BCUT2D eigenvalue weighted by atomic mass is 9.64. The molecule has 3 heterocycles. The summed E-state index contributed by atoms with van der Waals surface area (Å²) in [6.07, 6.45) is 0. The first-order valence-corrected chi connectivity index (χ1v) is 17.8. The van der Waals surface area contributed by atoms with Crippen molar-refractivity contribution in [3.05, 3.63) is 198 Å². The molecule has 0 aliphatic carbocycles. The Bertz CT molecular complexity index is 2690. The molecule has 0 unspecified atom stereocenters. The van der Waals surface area contributed by atoms with Crippen molar-refractivity contribution >= 4 is 33.7 Å². The van der Waals surface area contributed by atoms with Crippen LogP contribution < -0.4 is 0 Å². The zero-order valence-electron chi connectivity index (χ0n) is 27.4. The van der Waals surface area contributed by atoms with Crippen molar-refractivity contribution in [3.63, 3.8) is 0 Å². The number of furan rings is 1. The second kappa shape index (κ2) is 11.9. The highest BCUT2D eigenvalue weighted by Crippen LogP contribution is 2.57. The van der Waals surface area contributed by atoms with Gasteiger partial charge in [0.2, 0.25) is 0 Å². The highest BCUT2D eigenvalue weighted by atomic mass is 32.2. The molecule has 1 aliphatic rings. The first kappa shape index (κ1) is 29.6. The largest absolute Gasteiger partial charge is 0.456 e. The summed E-state index contributed by atoms with van der Waals surface area (Å²) in [7, 11) is 0. The number of para-hydroxylation sites is 1. The normalized spacial score (nSPS) is 13.2. The molecule has 7 aromatic carbocycles. The van der Waals surface area contributed by atoms with Crippen molar-refractivity contribution in [3.8, 4) is 34.2 Å². The fourth-order valence-corrected chi connectivity index (χ4v) is 8.91. The minimum atomic E-state index is -0.555. The van der Waals surface area contributed by atoms with Crippen LogP contribution >= 0.6 is 11.8 Å². The van der Waals surface area contributed by atoms with Crippen LogP contribution in [0.5, 0.6) is 0 Å². The van der Waals surface area contributed by atoms with Gasteiger partial charge in [-0.1, -0.05) is 163 Å². The fourth-order valence-electron chi connectivity index (χ4n) is 7.61. The Morgan fingerprint density at radius 1 is 0.431 bits per heavy atom. The third-order valence-corrected chi connectivity index (χ3v) is 11.1. The zero-order chi connectivity index (χ0) is 33.8. The molecule has 0 saturated heterocycles. The average Bonchev–Trinajstić information content (AvgIpc) is 3.58. The van der Waals surface area contributed by atoms with Gasteiger partial charge in [-0.25, -0.2) is 15.0 Å². The third-order valence-electron chi connectivity index (χ3n) is 9.88. The number of nitrogens with zero attached hydrogens (tertiary/aromatic N) is 3. The maximum atomic E-state index is 6.28. The maximum Gasteiger partial charge on any atom is 0.165 e. The molecule has 1 aliphatic heterocycles. The van der Waals surface area contributed by atoms with Gasteiger partial charge in [-0.2, -0.15) is 0 Å². The van der Waals surface area contributed by atoms with Crippen LogP contribution in [0, 0.1) is 0 Å². The molecule has 0 spiro atoms.